The Morgan fingerprint density at radius 1 is 1.17 bits per heavy atom. The second kappa shape index (κ2) is 13.1. The van der Waals surface area contributed by atoms with Gasteiger partial charge in [-0.3, -0.25) is 5.10 Å². The standard InChI is InChI=1S/C32H37FN8/c1-7-10-11-26(22-16-23(33)19-25(18-22)35-14-15-41(5)6)29-20(4)36-32(38-29)31-30-28(39-40-31)13-12-27(37-30)21(8-2)17-24(34)9-3/h7-13,16-19,35H,3,14-15,34H2,1-2,4-6H3,(H,36,38)(H,39,40)/b10-7-,21-8+,24-17+,26-11-. The first kappa shape index (κ1) is 29.2. The minimum absolute atomic E-state index is 0.324. The highest BCUT2D eigenvalue weighted by atomic mass is 19.1. The lowest BCUT2D eigenvalue weighted by atomic mass is 10.00. The number of aromatic amines is 2. The van der Waals surface area contributed by atoms with Crippen molar-refractivity contribution in [2.45, 2.75) is 20.8 Å². The van der Waals surface area contributed by atoms with Crippen LogP contribution < -0.4 is 11.1 Å². The van der Waals surface area contributed by atoms with Crippen LogP contribution in [0.3, 0.4) is 0 Å². The van der Waals surface area contributed by atoms with Crippen LogP contribution in [0.1, 0.15) is 36.5 Å². The SMILES string of the molecule is C=C/C(N)=C\C(=C/C)c1ccc2[nH]nc(-c3nc(/C(=C\C=C/C)c4cc(F)cc(NCCN(C)C)c4)c(C)[nH]3)c2n1. The van der Waals surface area contributed by atoms with Gasteiger partial charge in [-0.1, -0.05) is 30.9 Å². The largest absolute Gasteiger partial charge is 0.399 e. The molecule has 0 saturated heterocycles. The van der Waals surface area contributed by atoms with E-state index in [4.69, 9.17) is 15.7 Å². The number of imidazole rings is 1. The monoisotopic (exact) mass is 552 g/mol. The number of fused-ring (bicyclic) bond motifs is 1. The molecule has 4 aromatic rings. The first-order valence-electron chi connectivity index (χ1n) is 13.4. The molecule has 0 fully saturated rings. The number of rotatable bonds is 11. The Morgan fingerprint density at radius 2 is 1.98 bits per heavy atom. The third-order valence-electron chi connectivity index (χ3n) is 6.49. The van der Waals surface area contributed by atoms with Crippen molar-refractivity contribution in [2.24, 2.45) is 5.73 Å². The van der Waals surface area contributed by atoms with Gasteiger partial charge in [0.05, 0.1) is 16.9 Å². The second-order valence-corrected chi connectivity index (χ2v) is 9.88. The smallest absolute Gasteiger partial charge is 0.161 e. The Kier molecular flexibility index (Phi) is 9.31. The highest BCUT2D eigenvalue weighted by Gasteiger charge is 2.19. The number of hydrogen-bond acceptors (Lipinski definition) is 6. The summed E-state index contributed by atoms with van der Waals surface area (Å²) in [6.07, 6.45) is 11.2. The Bertz CT molecular complexity index is 1670. The number of nitrogens with two attached hydrogens (primary N) is 1. The summed E-state index contributed by atoms with van der Waals surface area (Å²) in [4.78, 5) is 15.3. The molecule has 0 spiro atoms. The lowest BCUT2D eigenvalue weighted by Gasteiger charge is -2.13. The van der Waals surface area contributed by atoms with Crippen LogP contribution in [-0.4, -0.2) is 57.2 Å². The van der Waals surface area contributed by atoms with E-state index in [0.717, 1.165) is 34.6 Å². The predicted molar refractivity (Wildman–Crippen MR) is 168 cm³/mol. The number of hydrogen-bond donors (Lipinski definition) is 4. The van der Waals surface area contributed by atoms with Crippen LogP contribution in [0.25, 0.3) is 33.7 Å². The molecule has 3 heterocycles. The summed E-state index contributed by atoms with van der Waals surface area (Å²) in [7, 11) is 4.01. The molecule has 0 aliphatic carbocycles. The van der Waals surface area contributed by atoms with Crippen molar-refractivity contribution in [1.82, 2.24) is 30.0 Å². The molecule has 0 aliphatic rings. The Labute approximate surface area is 240 Å². The van der Waals surface area contributed by atoms with E-state index in [0.29, 0.717) is 46.2 Å². The molecule has 0 unspecified atom stereocenters. The Hall–Kier alpha value is -4.76. The molecule has 0 bridgehead atoms. The fourth-order valence-corrected chi connectivity index (χ4v) is 4.38. The van der Waals surface area contributed by atoms with Crippen molar-refractivity contribution in [3.05, 3.63) is 108 Å². The topological polar surface area (TPSA) is 112 Å². The third kappa shape index (κ3) is 6.88. The van der Waals surface area contributed by atoms with Crippen LogP contribution >= 0.6 is 0 Å². The van der Waals surface area contributed by atoms with Gasteiger partial charge in [-0.25, -0.2) is 14.4 Å². The van der Waals surface area contributed by atoms with Crippen LogP contribution in [0.2, 0.25) is 0 Å². The number of pyridine rings is 1. The molecular formula is C32H37FN8. The zero-order valence-electron chi connectivity index (χ0n) is 24.2. The third-order valence-corrected chi connectivity index (χ3v) is 6.49. The normalized spacial score (nSPS) is 13.1. The number of allylic oxidation sites excluding steroid dienone is 7. The van der Waals surface area contributed by atoms with E-state index < -0.39 is 0 Å². The summed E-state index contributed by atoms with van der Waals surface area (Å²) in [5, 5.41) is 10.9. The van der Waals surface area contributed by atoms with Crippen LogP contribution in [0, 0.1) is 12.7 Å². The van der Waals surface area contributed by atoms with Crippen molar-refractivity contribution in [3.63, 3.8) is 0 Å². The zero-order chi connectivity index (χ0) is 29.5. The fourth-order valence-electron chi connectivity index (χ4n) is 4.38. The predicted octanol–water partition coefficient (Wildman–Crippen LogP) is 6.21. The van der Waals surface area contributed by atoms with Gasteiger partial charge in [0.1, 0.15) is 11.3 Å². The molecule has 0 aliphatic heterocycles. The van der Waals surface area contributed by atoms with Crippen LogP contribution in [-0.2, 0) is 0 Å². The summed E-state index contributed by atoms with van der Waals surface area (Å²) in [6.45, 7) is 11.1. The summed E-state index contributed by atoms with van der Waals surface area (Å²) in [6, 6.07) is 8.82. The minimum Gasteiger partial charge on any atom is -0.399 e. The molecule has 4 rings (SSSR count). The number of aromatic nitrogens is 5. The first-order chi connectivity index (χ1) is 19.7. The van der Waals surface area contributed by atoms with Crippen molar-refractivity contribution in [2.75, 3.05) is 32.5 Å². The van der Waals surface area contributed by atoms with E-state index in [-0.39, 0.29) is 5.82 Å². The lowest BCUT2D eigenvalue weighted by Crippen LogP contribution is -2.20. The van der Waals surface area contributed by atoms with Gasteiger partial charge in [-0.2, -0.15) is 5.10 Å². The molecule has 3 aromatic heterocycles. The minimum atomic E-state index is -0.324. The van der Waals surface area contributed by atoms with Gasteiger partial charge >= 0.3 is 0 Å². The van der Waals surface area contributed by atoms with E-state index in [1.807, 2.05) is 83.4 Å². The number of benzene rings is 1. The van der Waals surface area contributed by atoms with Gasteiger partial charge < -0.3 is 20.9 Å². The number of H-pyrrole nitrogens is 2. The number of likely N-dealkylation sites (N-methyl/N-ethyl adjacent to an activating group) is 1. The zero-order valence-corrected chi connectivity index (χ0v) is 24.2. The number of nitrogens with one attached hydrogen (secondary N) is 3. The fraction of sp³-hybridized carbons (Fsp3) is 0.219. The van der Waals surface area contributed by atoms with Gasteiger partial charge in [0.2, 0.25) is 0 Å². The highest BCUT2D eigenvalue weighted by molar-refractivity contribution is 5.90. The van der Waals surface area contributed by atoms with Crippen LogP contribution in [0.15, 0.2) is 79.1 Å². The number of nitrogens with zero attached hydrogens (tertiary/aromatic N) is 4. The average molecular weight is 553 g/mol. The van der Waals surface area contributed by atoms with Crippen molar-refractivity contribution in [1.29, 1.82) is 0 Å². The summed E-state index contributed by atoms with van der Waals surface area (Å²) >= 11 is 0. The summed E-state index contributed by atoms with van der Waals surface area (Å²) in [5.41, 5.74) is 13.9. The molecule has 1 aromatic carbocycles. The van der Waals surface area contributed by atoms with Crippen LogP contribution in [0.5, 0.6) is 0 Å². The van der Waals surface area contributed by atoms with Gasteiger partial charge in [0.25, 0.3) is 0 Å². The Morgan fingerprint density at radius 3 is 2.68 bits per heavy atom. The van der Waals surface area contributed by atoms with E-state index in [1.54, 1.807) is 6.08 Å². The van der Waals surface area contributed by atoms with E-state index in [1.165, 1.54) is 12.1 Å². The molecule has 0 atom stereocenters. The van der Waals surface area contributed by atoms with Gasteiger partial charge in [0, 0.05) is 35.7 Å². The summed E-state index contributed by atoms with van der Waals surface area (Å²) < 4.78 is 14.8. The Balaban J connectivity index is 1.77. The molecule has 0 amide bonds. The molecule has 9 heteroatoms. The van der Waals surface area contributed by atoms with Crippen LogP contribution in [0.4, 0.5) is 10.1 Å². The lowest BCUT2D eigenvalue weighted by molar-refractivity contribution is 0.425. The quantitative estimate of drug-likeness (QED) is 0.165. The van der Waals surface area contributed by atoms with E-state index in [9.17, 15) is 4.39 Å². The second-order valence-electron chi connectivity index (χ2n) is 9.88. The van der Waals surface area contributed by atoms with E-state index in [2.05, 4.69) is 32.0 Å². The van der Waals surface area contributed by atoms with Crippen molar-refractivity contribution < 1.29 is 4.39 Å². The molecular weight excluding hydrogens is 515 g/mol. The average Bonchev–Trinajstić information content (AvgIpc) is 3.54. The molecule has 41 heavy (non-hydrogen) atoms. The molecule has 5 N–H and O–H groups in total. The molecule has 212 valence electrons. The molecule has 0 saturated carbocycles. The maximum atomic E-state index is 14.8. The molecule has 8 nitrogen and oxygen atoms in total. The number of halogens is 1. The first-order valence-corrected chi connectivity index (χ1v) is 13.4. The summed E-state index contributed by atoms with van der Waals surface area (Å²) in [5.74, 6) is 0.235. The number of aryl methyl sites for hydroxylation is 1. The maximum absolute atomic E-state index is 14.8. The van der Waals surface area contributed by atoms with Crippen molar-refractivity contribution >= 4 is 27.9 Å². The number of anilines is 1. The molecule has 0 radical (unpaired) electrons. The highest BCUT2D eigenvalue weighted by Crippen LogP contribution is 2.32. The maximum Gasteiger partial charge on any atom is 0.161 e. The van der Waals surface area contributed by atoms with E-state index >= 15 is 0 Å². The van der Waals surface area contributed by atoms with Crippen molar-refractivity contribution in [3.8, 4) is 11.5 Å². The van der Waals surface area contributed by atoms with Gasteiger partial charge in [-0.15, -0.1) is 0 Å². The van der Waals surface area contributed by atoms with Gasteiger partial charge in [0.15, 0.2) is 11.5 Å². The van der Waals surface area contributed by atoms with Gasteiger partial charge in [-0.05, 0) is 88.5 Å².